The van der Waals surface area contributed by atoms with Crippen LogP contribution in [0.4, 0.5) is 4.39 Å². The number of halogens is 1. The molecule has 2 aliphatic heterocycles. The predicted octanol–water partition coefficient (Wildman–Crippen LogP) is 1.89. The maximum absolute atomic E-state index is 15.2. The third-order valence-electron chi connectivity index (χ3n) is 4.77. The van der Waals surface area contributed by atoms with Gasteiger partial charge < -0.3 is 14.7 Å². The first-order valence-corrected chi connectivity index (χ1v) is 8.74. The van der Waals surface area contributed by atoms with Gasteiger partial charge in [0.25, 0.3) is 5.79 Å². The summed E-state index contributed by atoms with van der Waals surface area (Å²) in [6, 6.07) is 0. The van der Waals surface area contributed by atoms with Gasteiger partial charge in [-0.2, -0.15) is 0 Å². The van der Waals surface area contributed by atoms with Crippen molar-refractivity contribution in [3.8, 4) is 0 Å². The van der Waals surface area contributed by atoms with E-state index in [0.29, 0.717) is 52.0 Å². The molecule has 0 aromatic rings. The molecule has 0 aromatic heterocycles. The van der Waals surface area contributed by atoms with E-state index in [-0.39, 0.29) is 12.3 Å². The molecule has 2 rings (SSSR count). The molecule has 138 valence electrons. The molecule has 6 nitrogen and oxygen atoms in total. The summed E-state index contributed by atoms with van der Waals surface area (Å²) >= 11 is 0. The summed E-state index contributed by atoms with van der Waals surface area (Å²) in [6.45, 7) is 8.25. The van der Waals surface area contributed by atoms with Gasteiger partial charge in [0.2, 0.25) is 0 Å². The number of likely N-dealkylation sites (tertiary alicyclic amines) is 2. The van der Waals surface area contributed by atoms with Crippen LogP contribution in [0, 0.1) is 5.92 Å². The van der Waals surface area contributed by atoms with Crippen LogP contribution in [0.1, 0.15) is 46.5 Å². The molecular weight excluding hydrogens is 315 g/mol. The molecule has 2 aliphatic rings. The minimum Gasteiger partial charge on any atom is -0.481 e. The first-order chi connectivity index (χ1) is 11.1. The van der Waals surface area contributed by atoms with E-state index in [1.165, 1.54) is 0 Å². The Morgan fingerprint density at radius 3 is 2.38 bits per heavy atom. The molecule has 0 aromatic carbocycles. The van der Waals surface area contributed by atoms with Crippen molar-refractivity contribution in [1.29, 1.82) is 0 Å². The Labute approximate surface area is 142 Å². The van der Waals surface area contributed by atoms with Crippen molar-refractivity contribution in [2.75, 3.05) is 32.7 Å². The molecule has 0 aliphatic carbocycles. The lowest BCUT2D eigenvalue weighted by atomic mass is 9.97. The van der Waals surface area contributed by atoms with Gasteiger partial charge in [0.05, 0.1) is 5.92 Å². The summed E-state index contributed by atoms with van der Waals surface area (Å²) in [6.07, 6.45) is 2.06. The molecule has 2 heterocycles. The van der Waals surface area contributed by atoms with Gasteiger partial charge >= 0.3 is 11.9 Å². The maximum atomic E-state index is 15.2. The van der Waals surface area contributed by atoms with Crippen molar-refractivity contribution >= 4 is 11.9 Å². The molecule has 1 unspecified atom stereocenters. The van der Waals surface area contributed by atoms with E-state index in [4.69, 9.17) is 9.84 Å². The van der Waals surface area contributed by atoms with Crippen LogP contribution in [0.2, 0.25) is 0 Å². The molecule has 1 atom stereocenters. The van der Waals surface area contributed by atoms with E-state index < -0.39 is 23.3 Å². The highest BCUT2D eigenvalue weighted by Crippen LogP contribution is 2.33. The highest BCUT2D eigenvalue weighted by atomic mass is 19.1. The Morgan fingerprint density at radius 2 is 1.83 bits per heavy atom. The predicted molar refractivity (Wildman–Crippen MR) is 87.3 cm³/mol. The van der Waals surface area contributed by atoms with Crippen LogP contribution in [0.25, 0.3) is 0 Å². The van der Waals surface area contributed by atoms with E-state index in [0.717, 1.165) is 0 Å². The number of alkyl halides is 1. The van der Waals surface area contributed by atoms with E-state index in [1.54, 1.807) is 25.7 Å². The number of carbonyl (C=O) groups excluding carboxylic acids is 1. The number of piperidine rings is 1. The van der Waals surface area contributed by atoms with Gasteiger partial charge in [0.1, 0.15) is 5.60 Å². The minimum absolute atomic E-state index is 0.170. The third kappa shape index (κ3) is 4.66. The SMILES string of the molecule is CC(C)(C)OC(=O)C1(F)CCCN1CCN1CCC(C(=O)O)CC1. The molecule has 0 saturated carbocycles. The Balaban J connectivity index is 1.85. The van der Waals surface area contributed by atoms with E-state index in [9.17, 15) is 9.59 Å². The van der Waals surface area contributed by atoms with Crippen LogP contribution in [0.5, 0.6) is 0 Å². The van der Waals surface area contributed by atoms with Crippen LogP contribution in [0.3, 0.4) is 0 Å². The molecule has 0 spiro atoms. The summed E-state index contributed by atoms with van der Waals surface area (Å²) in [7, 11) is 0. The topological polar surface area (TPSA) is 70.1 Å². The van der Waals surface area contributed by atoms with Crippen molar-refractivity contribution < 1.29 is 23.8 Å². The van der Waals surface area contributed by atoms with E-state index in [2.05, 4.69) is 4.90 Å². The van der Waals surface area contributed by atoms with Crippen molar-refractivity contribution in [1.82, 2.24) is 9.80 Å². The number of esters is 1. The lowest BCUT2D eigenvalue weighted by Crippen LogP contribution is -2.52. The van der Waals surface area contributed by atoms with Crippen LogP contribution in [-0.2, 0) is 14.3 Å². The largest absolute Gasteiger partial charge is 0.481 e. The van der Waals surface area contributed by atoms with Gasteiger partial charge in [0.15, 0.2) is 0 Å². The minimum atomic E-state index is -2.04. The second kappa shape index (κ2) is 7.35. The molecule has 7 heteroatoms. The van der Waals surface area contributed by atoms with Gasteiger partial charge in [-0.1, -0.05) is 0 Å². The number of ether oxygens (including phenoxy) is 1. The third-order valence-corrected chi connectivity index (χ3v) is 4.77. The molecule has 24 heavy (non-hydrogen) atoms. The fourth-order valence-electron chi connectivity index (χ4n) is 3.38. The number of nitrogens with zero attached hydrogens (tertiary/aromatic N) is 2. The van der Waals surface area contributed by atoms with Crippen LogP contribution >= 0.6 is 0 Å². The number of aliphatic carboxylic acids is 1. The second-order valence-electron chi connectivity index (χ2n) is 7.81. The maximum Gasteiger partial charge on any atom is 0.360 e. The normalized spacial score (nSPS) is 27.3. The van der Waals surface area contributed by atoms with E-state index in [1.807, 2.05) is 0 Å². The molecular formula is C17H29FN2O4. The summed E-state index contributed by atoms with van der Waals surface area (Å²) in [5, 5.41) is 9.02. The van der Waals surface area contributed by atoms with Crippen LogP contribution in [-0.4, -0.2) is 71.0 Å². The standard InChI is InChI=1S/C17H29FN2O4/c1-16(2,3)24-15(23)17(18)7-4-8-20(17)12-11-19-9-5-13(6-10-19)14(21)22/h13H,4-12H2,1-3H3,(H,21,22). The number of carboxylic acid groups (broad SMARTS) is 1. The zero-order chi connectivity index (χ0) is 18.0. The fraction of sp³-hybridized carbons (Fsp3) is 0.882. The highest BCUT2D eigenvalue weighted by molar-refractivity contribution is 5.79. The molecule has 2 saturated heterocycles. The summed E-state index contributed by atoms with van der Waals surface area (Å²) in [5.74, 6) is -3.83. The Hall–Kier alpha value is -1.21. The quantitative estimate of drug-likeness (QED) is 0.607. The monoisotopic (exact) mass is 344 g/mol. The van der Waals surface area contributed by atoms with Gasteiger partial charge in [0, 0.05) is 26.1 Å². The molecule has 2 fully saturated rings. The number of carboxylic acids is 1. The van der Waals surface area contributed by atoms with Gasteiger partial charge in [-0.25, -0.2) is 9.18 Å². The summed E-state index contributed by atoms with van der Waals surface area (Å²) in [5.41, 5.74) is -0.705. The van der Waals surface area contributed by atoms with Crippen molar-refractivity contribution in [3.63, 3.8) is 0 Å². The highest BCUT2D eigenvalue weighted by Gasteiger charge is 2.50. The second-order valence-corrected chi connectivity index (χ2v) is 7.81. The number of rotatable bonds is 5. The summed E-state index contributed by atoms with van der Waals surface area (Å²) in [4.78, 5) is 26.9. The van der Waals surface area contributed by atoms with Crippen LogP contribution in [0.15, 0.2) is 0 Å². The Bertz CT molecular complexity index is 472. The summed E-state index contributed by atoms with van der Waals surface area (Å²) < 4.78 is 20.4. The molecule has 1 N–H and O–H groups in total. The number of hydrogen-bond acceptors (Lipinski definition) is 5. The molecule has 0 amide bonds. The lowest BCUT2D eigenvalue weighted by Gasteiger charge is -2.35. The van der Waals surface area contributed by atoms with Crippen molar-refractivity contribution in [3.05, 3.63) is 0 Å². The first-order valence-electron chi connectivity index (χ1n) is 8.74. The Kier molecular flexibility index (Phi) is 5.86. The van der Waals surface area contributed by atoms with Gasteiger partial charge in [-0.15, -0.1) is 0 Å². The molecule has 0 bridgehead atoms. The van der Waals surface area contributed by atoms with Gasteiger partial charge in [-0.3, -0.25) is 9.69 Å². The van der Waals surface area contributed by atoms with Crippen molar-refractivity contribution in [2.45, 2.75) is 57.8 Å². The lowest BCUT2D eigenvalue weighted by molar-refractivity contribution is -0.181. The zero-order valence-corrected chi connectivity index (χ0v) is 14.9. The first kappa shape index (κ1) is 19.1. The van der Waals surface area contributed by atoms with Crippen molar-refractivity contribution in [2.24, 2.45) is 5.92 Å². The smallest absolute Gasteiger partial charge is 0.360 e. The Morgan fingerprint density at radius 1 is 1.21 bits per heavy atom. The van der Waals surface area contributed by atoms with E-state index >= 15 is 4.39 Å². The fourth-order valence-corrected chi connectivity index (χ4v) is 3.38. The zero-order valence-electron chi connectivity index (χ0n) is 14.9. The average molecular weight is 344 g/mol. The number of hydrogen-bond donors (Lipinski definition) is 1. The van der Waals surface area contributed by atoms with Gasteiger partial charge in [-0.05, 0) is 53.1 Å². The number of carbonyl (C=O) groups is 2. The van der Waals surface area contributed by atoms with Crippen LogP contribution < -0.4 is 0 Å². The average Bonchev–Trinajstić information content (AvgIpc) is 2.86. The molecule has 0 radical (unpaired) electrons.